The first kappa shape index (κ1) is 13.0. The van der Waals surface area contributed by atoms with Crippen LogP contribution in [0.3, 0.4) is 0 Å². The second-order valence-corrected chi connectivity index (χ2v) is 5.26. The molecule has 2 N–H and O–H groups in total. The highest BCUT2D eigenvalue weighted by molar-refractivity contribution is 4.97. The predicted molar refractivity (Wildman–Crippen MR) is 64.9 cm³/mol. The minimum atomic E-state index is 0.218. The molecule has 0 aliphatic heterocycles. The lowest BCUT2D eigenvalue weighted by molar-refractivity contribution is 0.0750. The minimum absolute atomic E-state index is 0.218. The number of aliphatic hydroxyl groups is 1. The normalized spacial score (nSPS) is 32.2. The largest absolute Gasteiger partial charge is 0.396 e. The van der Waals surface area contributed by atoms with Crippen LogP contribution >= 0.6 is 0 Å². The SMILES string of the molecule is CCNC1(CCO)CCCCC1C(C)C. The van der Waals surface area contributed by atoms with Gasteiger partial charge in [0.05, 0.1) is 0 Å². The topological polar surface area (TPSA) is 32.3 Å². The first-order valence-electron chi connectivity index (χ1n) is 6.52. The van der Waals surface area contributed by atoms with Gasteiger partial charge in [-0.05, 0) is 37.6 Å². The molecular weight excluding hydrogens is 186 g/mol. The van der Waals surface area contributed by atoms with E-state index in [4.69, 9.17) is 0 Å². The molecule has 0 heterocycles. The summed E-state index contributed by atoms with van der Waals surface area (Å²) in [6.45, 7) is 8.14. The maximum Gasteiger partial charge on any atom is 0.0448 e. The maximum atomic E-state index is 9.27. The van der Waals surface area contributed by atoms with E-state index >= 15 is 0 Å². The van der Waals surface area contributed by atoms with Crippen molar-refractivity contribution in [3.63, 3.8) is 0 Å². The number of rotatable bonds is 5. The highest BCUT2D eigenvalue weighted by atomic mass is 16.3. The van der Waals surface area contributed by atoms with Crippen LogP contribution in [0.25, 0.3) is 0 Å². The Labute approximate surface area is 94.5 Å². The van der Waals surface area contributed by atoms with Gasteiger partial charge < -0.3 is 10.4 Å². The summed E-state index contributed by atoms with van der Waals surface area (Å²) in [5.74, 6) is 1.45. The zero-order valence-electron chi connectivity index (χ0n) is 10.6. The number of hydrogen-bond donors (Lipinski definition) is 2. The lowest BCUT2D eigenvalue weighted by Crippen LogP contribution is -2.55. The molecule has 15 heavy (non-hydrogen) atoms. The predicted octanol–water partition coefficient (Wildman–Crippen LogP) is 2.56. The van der Waals surface area contributed by atoms with Crippen molar-refractivity contribution < 1.29 is 5.11 Å². The van der Waals surface area contributed by atoms with Gasteiger partial charge in [0, 0.05) is 12.1 Å². The van der Waals surface area contributed by atoms with Gasteiger partial charge in [-0.25, -0.2) is 0 Å². The zero-order valence-corrected chi connectivity index (χ0v) is 10.6. The van der Waals surface area contributed by atoms with Gasteiger partial charge in [-0.1, -0.05) is 33.6 Å². The molecule has 0 aromatic rings. The van der Waals surface area contributed by atoms with E-state index in [9.17, 15) is 5.11 Å². The van der Waals surface area contributed by atoms with Crippen LogP contribution in [-0.2, 0) is 0 Å². The van der Waals surface area contributed by atoms with Crippen molar-refractivity contribution in [2.45, 2.75) is 58.4 Å². The van der Waals surface area contributed by atoms with Crippen molar-refractivity contribution in [3.8, 4) is 0 Å². The molecule has 1 fully saturated rings. The third kappa shape index (κ3) is 2.94. The van der Waals surface area contributed by atoms with Crippen molar-refractivity contribution in [1.82, 2.24) is 5.32 Å². The maximum absolute atomic E-state index is 9.27. The molecule has 1 rings (SSSR count). The van der Waals surface area contributed by atoms with Crippen LogP contribution in [0.5, 0.6) is 0 Å². The van der Waals surface area contributed by atoms with Gasteiger partial charge in [0.1, 0.15) is 0 Å². The standard InChI is InChI=1S/C13H27NO/c1-4-14-13(9-10-15)8-6-5-7-12(13)11(2)3/h11-12,14-15H,4-10H2,1-3H3. The van der Waals surface area contributed by atoms with E-state index in [0.717, 1.165) is 24.8 Å². The molecule has 0 amide bonds. The van der Waals surface area contributed by atoms with Gasteiger partial charge >= 0.3 is 0 Å². The summed E-state index contributed by atoms with van der Waals surface area (Å²) in [4.78, 5) is 0. The van der Waals surface area contributed by atoms with E-state index in [1.165, 1.54) is 25.7 Å². The Morgan fingerprint density at radius 1 is 1.40 bits per heavy atom. The molecule has 0 radical (unpaired) electrons. The minimum Gasteiger partial charge on any atom is -0.396 e. The van der Waals surface area contributed by atoms with Crippen molar-refractivity contribution in [1.29, 1.82) is 0 Å². The van der Waals surface area contributed by atoms with E-state index in [1.807, 2.05) is 0 Å². The van der Waals surface area contributed by atoms with Gasteiger partial charge in [0.2, 0.25) is 0 Å². The average Bonchev–Trinajstić information content (AvgIpc) is 2.18. The van der Waals surface area contributed by atoms with Gasteiger partial charge in [-0.3, -0.25) is 0 Å². The Balaban J connectivity index is 2.77. The van der Waals surface area contributed by atoms with Crippen LogP contribution in [0, 0.1) is 11.8 Å². The lowest BCUT2D eigenvalue weighted by atomic mass is 9.66. The fraction of sp³-hybridized carbons (Fsp3) is 1.00. The second-order valence-electron chi connectivity index (χ2n) is 5.26. The molecule has 1 saturated carbocycles. The van der Waals surface area contributed by atoms with Gasteiger partial charge in [-0.2, -0.15) is 0 Å². The van der Waals surface area contributed by atoms with E-state index in [2.05, 4.69) is 26.1 Å². The molecule has 2 heteroatoms. The quantitative estimate of drug-likeness (QED) is 0.735. The molecule has 2 unspecified atom stereocenters. The smallest absolute Gasteiger partial charge is 0.0448 e. The van der Waals surface area contributed by atoms with Gasteiger partial charge in [0.25, 0.3) is 0 Å². The number of aliphatic hydroxyl groups excluding tert-OH is 1. The van der Waals surface area contributed by atoms with Crippen LogP contribution < -0.4 is 5.32 Å². The molecule has 0 saturated heterocycles. The summed E-state index contributed by atoms with van der Waals surface area (Å²) < 4.78 is 0. The first-order chi connectivity index (χ1) is 7.16. The molecule has 0 bridgehead atoms. The van der Waals surface area contributed by atoms with Crippen LogP contribution in [0.2, 0.25) is 0 Å². The molecule has 90 valence electrons. The Morgan fingerprint density at radius 2 is 2.13 bits per heavy atom. The third-order valence-electron chi connectivity index (χ3n) is 3.99. The Morgan fingerprint density at radius 3 is 2.67 bits per heavy atom. The molecule has 1 aliphatic rings. The summed E-state index contributed by atoms with van der Waals surface area (Å²) in [5.41, 5.74) is 0.218. The van der Waals surface area contributed by atoms with E-state index in [1.54, 1.807) is 0 Å². The summed E-state index contributed by atoms with van der Waals surface area (Å²) in [6.07, 6.45) is 6.16. The van der Waals surface area contributed by atoms with Gasteiger partial charge in [-0.15, -0.1) is 0 Å². The van der Waals surface area contributed by atoms with Crippen molar-refractivity contribution >= 4 is 0 Å². The first-order valence-corrected chi connectivity index (χ1v) is 6.52. The van der Waals surface area contributed by atoms with Crippen LogP contribution in [0.4, 0.5) is 0 Å². The van der Waals surface area contributed by atoms with Crippen LogP contribution in [-0.4, -0.2) is 23.8 Å². The second kappa shape index (κ2) is 5.86. The Hall–Kier alpha value is -0.0800. The summed E-state index contributed by atoms with van der Waals surface area (Å²) in [6, 6.07) is 0. The van der Waals surface area contributed by atoms with Crippen molar-refractivity contribution in [3.05, 3.63) is 0 Å². The zero-order chi connectivity index (χ0) is 11.3. The summed E-state index contributed by atoms with van der Waals surface area (Å²) in [7, 11) is 0. The van der Waals surface area contributed by atoms with Crippen LogP contribution in [0.1, 0.15) is 52.9 Å². The molecule has 0 aromatic heterocycles. The van der Waals surface area contributed by atoms with Gasteiger partial charge in [0.15, 0.2) is 0 Å². The molecule has 0 spiro atoms. The average molecular weight is 213 g/mol. The molecule has 2 atom stereocenters. The molecule has 1 aliphatic carbocycles. The fourth-order valence-corrected chi connectivity index (χ4v) is 3.41. The van der Waals surface area contributed by atoms with E-state index in [0.29, 0.717) is 6.61 Å². The van der Waals surface area contributed by atoms with E-state index in [-0.39, 0.29) is 5.54 Å². The number of hydrogen-bond acceptors (Lipinski definition) is 2. The van der Waals surface area contributed by atoms with Crippen molar-refractivity contribution in [2.75, 3.05) is 13.2 Å². The number of nitrogens with one attached hydrogen (secondary N) is 1. The lowest BCUT2D eigenvalue weighted by Gasteiger charge is -2.47. The molecule has 0 aromatic carbocycles. The van der Waals surface area contributed by atoms with Crippen molar-refractivity contribution in [2.24, 2.45) is 11.8 Å². The summed E-state index contributed by atoms with van der Waals surface area (Å²) >= 11 is 0. The van der Waals surface area contributed by atoms with E-state index < -0.39 is 0 Å². The molecular formula is C13H27NO. The third-order valence-corrected chi connectivity index (χ3v) is 3.99. The fourth-order valence-electron chi connectivity index (χ4n) is 3.41. The molecule has 2 nitrogen and oxygen atoms in total. The van der Waals surface area contributed by atoms with Crippen LogP contribution in [0.15, 0.2) is 0 Å². The Kier molecular flexibility index (Phi) is 5.07. The highest BCUT2D eigenvalue weighted by Crippen LogP contribution is 2.40. The highest BCUT2D eigenvalue weighted by Gasteiger charge is 2.40. The Bertz CT molecular complexity index is 168. The monoisotopic (exact) mass is 213 g/mol. The summed E-state index contributed by atoms with van der Waals surface area (Å²) in [5, 5.41) is 12.9.